The van der Waals surface area contributed by atoms with Crippen LogP contribution in [0.2, 0.25) is 0 Å². The number of piperidine rings is 2. The molecule has 1 amide bonds. The van der Waals surface area contributed by atoms with Crippen LogP contribution in [-0.2, 0) is 4.79 Å². The Morgan fingerprint density at radius 2 is 1.84 bits per heavy atom. The maximum atomic E-state index is 14.0. The fourth-order valence-corrected chi connectivity index (χ4v) is 4.00. The van der Waals surface area contributed by atoms with Gasteiger partial charge in [-0.25, -0.2) is 4.39 Å². The van der Waals surface area contributed by atoms with Gasteiger partial charge >= 0.3 is 0 Å². The number of hydrogen-bond donors (Lipinski definition) is 0. The second-order valence-corrected chi connectivity index (χ2v) is 6.56. The first kappa shape index (κ1) is 13.3. The van der Waals surface area contributed by atoms with Gasteiger partial charge in [0.05, 0.1) is 0 Å². The van der Waals surface area contributed by atoms with Gasteiger partial charge in [-0.05, 0) is 51.6 Å². The molecule has 3 rings (SSSR count). The molecule has 1 saturated carbocycles. The molecule has 3 aliphatic rings. The van der Waals surface area contributed by atoms with E-state index in [4.69, 9.17) is 0 Å². The molecule has 0 bridgehead atoms. The Balaban J connectivity index is 1.74. The van der Waals surface area contributed by atoms with Crippen molar-refractivity contribution in [3.05, 3.63) is 0 Å². The molecule has 0 radical (unpaired) electrons. The SMILES string of the molecule is CCN1CCCCC12CCCN(C(=O)C1(F)CC1)C2. The van der Waals surface area contributed by atoms with E-state index in [9.17, 15) is 9.18 Å². The standard InChI is InChI=1S/C15H25FN2O/c1-2-18-11-4-3-6-14(18)7-5-10-17(12-14)13(19)15(16)8-9-15/h2-12H2,1H3. The number of rotatable bonds is 2. The molecule has 0 aromatic heterocycles. The summed E-state index contributed by atoms with van der Waals surface area (Å²) < 4.78 is 14.0. The van der Waals surface area contributed by atoms with Crippen molar-refractivity contribution in [1.82, 2.24) is 9.80 Å². The van der Waals surface area contributed by atoms with Crippen LogP contribution >= 0.6 is 0 Å². The zero-order chi connectivity index (χ0) is 13.5. The summed E-state index contributed by atoms with van der Waals surface area (Å²) in [6, 6.07) is 0. The molecule has 1 atom stereocenters. The number of carbonyl (C=O) groups excluding carboxylic acids is 1. The molecule has 0 N–H and O–H groups in total. The largest absolute Gasteiger partial charge is 0.338 e. The molecular weight excluding hydrogens is 243 g/mol. The summed E-state index contributed by atoms with van der Waals surface area (Å²) in [5, 5.41) is 0. The molecule has 1 aliphatic carbocycles. The van der Waals surface area contributed by atoms with E-state index in [0.717, 1.165) is 32.6 Å². The minimum absolute atomic E-state index is 0.145. The van der Waals surface area contributed by atoms with E-state index in [0.29, 0.717) is 12.8 Å². The van der Waals surface area contributed by atoms with Crippen molar-refractivity contribution in [2.24, 2.45) is 0 Å². The Hall–Kier alpha value is -0.640. The van der Waals surface area contributed by atoms with Crippen LogP contribution in [0.3, 0.4) is 0 Å². The van der Waals surface area contributed by atoms with Crippen LogP contribution < -0.4 is 0 Å². The normalized spacial score (nSPS) is 34.5. The number of likely N-dealkylation sites (N-methyl/N-ethyl adjacent to an activating group) is 1. The molecule has 1 unspecified atom stereocenters. The third-order valence-electron chi connectivity index (χ3n) is 5.29. The first-order valence-electron chi connectivity index (χ1n) is 7.83. The lowest BCUT2D eigenvalue weighted by atomic mass is 9.79. The van der Waals surface area contributed by atoms with Crippen molar-refractivity contribution < 1.29 is 9.18 Å². The van der Waals surface area contributed by atoms with Gasteiger partial charge in [0.2, 0.25) is 0 Å². The Labute approximate surface area is 115 Å². The van der Waals surface area contributed by atoms with E-state index in [1.807, 2.05) is 4.90 Å². The van der Waals surface area contributed by atoms with Crippen LogP contribution in [0.25, 0.3) is 0 Å². The van der Waals surface area contributed by atoms with Crippen LogP contribution in [0.4, 0.5) is 4.39 Å². The maximum Gasteiger partial charge on any atom is 0.260 e. The van der Waals surface area contributed by atoms with E-state index in [1.54, 1.807) is 0 Å². The molecule has 2 saturated heterocycles. The van der Waals surface area contributed by atoms with E-state index < -0.39 is 5.67 Å². The van der Waals surface area contributed by atoms with Gasteiger partial charge in [-0.1, -0.05) is 13.3 Å². The first-order chi connectivity index (χ1) is 9.10. The van der Waals surface area contributed by atoms with Crippen molar-refractivity contribution in [2.45, 2.75) is 63.1 Å². The van der Waals surface area contributed by atoms with Gasteiger partial charge < -0.3 is 4.90 Å². The summed E-state index contributed by atoms with van der Waals surface area (Å²) in [4.78, 5) is 16.6. The Kier molecular flexibility index (Phi) is 3.32. The highest BCUT2D eigenvalue weighted by Crippen LogP contribution is 2.43. The number of halogens is 1. The average molecular weight is 268 g/mol. The summed E-state index contributed by atoms with van der Waals surface area (Å²) in [6.45, 7) is 5.89. The van der Waals surface area contributed by atoms with Gasteiger partial charge in [0.1, 0.15) is 0 Å². The Morgan fingerprint density at radius 1 is 1.11 bits per heavy atom. The summed E-state index contributed by atoms with van der Waals surface area (Å²) in [7, 11) is 0. The van der Waals surface area contributed by atoms with Crippen LogP contribution in [0.15, 0.2) is 0 Å². The van der Waals surface area contributed by atoms with Crippen molar-refractivity contribution in [1.29, 1.82) is 0 Å². The molecule has 0 aromatic rings. The molecule has 2 aliphatic heterocycles. The Bertz CT molecular complexity index is 365. The van der Waals surface area contributed by atoms with Crippen LogP contribution in [-0.4, -0.2) is 53.1 Å². The van der Waals surface area contributed by atoms with Crippen LogP contribution in [0, 0.1) is 0 Å². The van der Waals surface area contributed by atoms with E-state index in [1.165, 1.54) is 25.7 Å². The van der Waals surface area contributed by atoms with Crippen molar-refractivity contribution >= 4 is 5.91 Å². The average Bonchev–Trinajstić information content (AvgIpc) is 3.18. The van der Waals surface area contributed by atoms with Gasteiger partial charge in [0.15, 0.2) is 5.67 Å². The maximum absolute atomic E-state index is 14.0. The van der Waals surface area contributed by atoms with Gasteiger partial charge in [0.25, 0.3) is 5.91 Å². The molecular formula is C15H25FN2O. The quantitative estimate of drug-likeness (QED) is 0.767. The number of hydrogen-bond acceptors (Lipinski definition) is 2. The second kappa shape index (κ2) is 4.72. The topological polar surface area (TPSA) is 23.6 Å². The summed E-state index contributed by atoms with van der Waals surface area (Å²) in [5.41, 5.74) is -1.35. The third-order valence-corrected chi connectivity index (χ3v) is 5.29. The lowest BCUT2D eigenvalue weighted by Gasteiger charge is -2.52. The third kappa shape index (κ3) is 2.28. The number of amides is 1. The van der Waals surface area contributed by atoms with Crippen molar-refractivity contribution in [3.8, 4) is 0 Å². The number of likely N-dealkylation sites (tertiary alicyclic amines) is 2. The molecule has 3 nitrogen and oxygen atoms in total. The minimum Gasteiger partial charge on any atom is -0.338 e. The highest BCUT2D eigenvalue weighted by atomic mass is 19.1. The van der Waals surface area contributed by atoms with Gasteiger partial charge in [0, 0.05) is 18.6 Å². The number of carbonyl (C=O) groups is 1. The van der Waals surface area contributed by atoms with E-state index in [2.05, 4.69) is 11.8 Å². The van der Waals surface area contributed by atoms with Gasteiger partial charge in [-0.3, -0.25) is 9.69 Å². The molecule has 3 fully saturated rings. The highest BCUT2D eigenvalue weighted by Gasteiger charge is 2.54. The first-order valence-corrected chi connectivity index (χ1v) is 7.83. The number of alkyl halides is 1. The van der Waals surface area contributed by atoms with Gasteiger partial charge in [-0.2, -0.15) is 0 Å². The number of nitrogens with zero attached hydrogens (tertiary/aromatic N) is 2. The molecule has 1 spiro atoms. The minimum atomic E-state index is -1.50. The summed E-state index contributed by atoms with van der Waals surface area (Å²) in [6.07, 6.45) is 6.75. The van der Waals surface area contributed by atoms with Crippen molar-refractivity contribution in [3.63, 3.8) is 0 Å². The van der Waals surface area contributed by atoms with Crippen LogP contribution in [0.1, 0.15) is 51.9 Å². The monoisotopic (exact) mass is 268 g/mol. The van der Waals surface area contributed by atoms with Crippen LogP contribution in [0.5, 0.6) is 0 Å². The smallest absolute Gasteiger partial charge is 0.260 e. The lowest BCUT2D eigenvalue weighted by molar-refractivity contribution is -0.143. The Morgan fingerprint density at radius 3 is 2.53 bits per heavy atom. The lowest BCUT2D eigenvalue weighted by Crippen LogP contribution is -2.62. The summed E-state index contributed by atoms with van der Waals surface area (Å²) >= 11 is 0. The zero-order valence-electron chi connectivity index (χ0n) is 12.0. The van der Waals surface area contributed by atoms with Gasteiger partial charge in [-0.15, -0.1) is 0 Å². The molecule has 0 aromatic carbocycles. The predicted molar refractivity (Wildman–Crippen MR) is 72.7 cm³/mol. The molecule has 108 valence electrons. The highest BCUT2D eigenvalue weighted by molar-refractivity contribution is 5.88. The summed E-state index contributed by atoms with van der Waals surface area (Å²) in [5.74, 6) is -0.229. The second-order valence-electron chi connectivity index (χ2n) is 6.56. The fraction of sp³-hybridized carbons (Fsp3) is 0.933. The molecule has 19 heavy (non-hydrogen) atoms. The molecule has 4 heteroatoms. The predicted octanol–water partition coefficient (Wildman–Crippen LogP) is 2.36. The van der Waals surface area contributed by atoms with E-state index >= 15 is 0 Å². The van der Waals surface area contributed by atoms with E-state index in [-0.39, 0.29) is 11.4 Å². The molecule has 2 heterocycles. The zero-order valence-corrected chi connectivity index (χ0v) is 12.0. The fourth-order valence-electron chi connectivity index (χ4n) is 4.00. The van der Waals surface area contributed by atoms with Crippen molar-refractivity contribution in [2.75, 3.05) is 26.2 Å².